The summed E-state index contributed by atoms with van der Waals surface area (Å²) in [6, 6.07) is 8.72. The number of aromatic nitrogens is 7. The molecule has 1 atom stereocenters. The van der Waals surface area contributed by atoms with Gasteiger partial charge in [0.05, 0.1) is 11.9 Å². The first-order chi connectivity index (χ1) is 15.8. The highest BCUT2D eigenvalue weighted by molar-refractivity contribution is 5.65. The SMILES string of the molecule is CC(F)(F)[C@@H](c1ccc(F)cc1)n1cc(-c2ccnc(-c3ccn4nc(N)nc4c3)n2)cn1. The molecule has 5 aromatic rings. The fourth-order valence-corrected chi connectivity index (χ4v) is 3.63. The van der Waals surface area contributed by atoms with Gasteiger partial charge in [0.1, 0.15) is 11.9 Å². The van der Waals surface area contributed by atoms with E-state index in [1.165, 1.54) is 29.0 Å². The second kappa shape index (κ2) is 7.69. The number of nitrogens with zero attached hydrogens (tertiary/aromatic N) is 7. The van der Waals surface area contributed by atoms with E-state index < -0.39 is 17.8 Å². The van der Waals surface area contributed by atoms with Crippen LogP contribution in [0.15, 0.2) is 67.3 Å². The molecule has 0 aliphatic carbocycles. The minimum absolute atomic E-state index is 0.151. The van der Waals surface area contributed by atoms with Crippen LogP contribution in [0.3, 0.4) is 0 Å². The molecule has 2 N–H and O–H groups in total. The summed E-state index contributed by atoms with van der Waals surface area (Å²) < 4.78 is 45.0. The molecule has 0 unspecified atom stereocenters. The van der Waals surface area contributed by atoms with E-state index in [4.69, 9.17) is 5.73 Å². The second-order valence-corrected chi connectivity index (χ2v) is 7.57. The van der Waals surface area contributed by atoms with Crippen LogP contribution in [-0.2, 0) is 0 Å². The van der Waals surface area contributed by atoms with Gasteiger partial charge in [0.25, 0.3) is 5.92 Å². The van der Waals surface area contributed by atoms with Crippen LogP contribution in [0.2, 0.25) is 0 Å². The Kier molecular flexibility index (Phi) is 4.81. The zero-order valence-corrected chi connectivity index (χ0v) is 17.3. The highest BCUT2D eigenvalue weighted by Gasteiger charge is 2.37. The summed E-state index contributed by atoms with van der Waals surface area (Å²) in [5, 5.41) is 8.18. The summed E-state index contributed by atoms with van der Waals surface area (Å²) in [6.45, 7) is 0.804. The zero-order chi connectivity index (χ0) is 23.2. The number of nitrogens with two attached hydrogens (primary N) is 1. The second-order valence-electron chi connectivity index (χ2n) is 7.57. The van der Waals surface area contributed by atoms with Gasteiger partial charge in [-0.15, -0.1) is 5.10 Å². The van der Waals surface area contributed by atoms with E-state index in [9.17, 15) is 13.2 Å². The third-order valence-corrected chi connectivity index (χ3v) is 5.10. The van der Waals surface area contributed by atoms with E-state index >= 15 is 0 Å². The van der Waals surface area contributed by atoms with Crippen LogP contribution in [0.5, 0.6) is 0 Å². The first kappa shape index (κ1) is 20.6. The van der Waals surface area contributed by atoms with E-state index in [0.29, 0.717) is 28.3 Å². The van der Waals surface area contributed by atoms with Crippen LogP contribution in [0.4, 0.5) is 19.1 Å². The van der Waals surface area contributed by atoms with Gasteiger partial charge in [-0.25, -0.2) is 27.7 Å². The van der Waals surface area contributed by atoms with Crippen molar-refractivity contribution in [3.05, 3.63) is 78.6 Å². The number of anilines is 1. The summed E-state index contributed by atoms with van der Waals surface area (Å²) >= 11 is 0. The minimum atomic E-state index is -3.15. The molecule has 0 fully saturated rings. The molecule has 0 bridgehead atoms. The van der Waals surface area contributed by atoms with Crippen molar-refractivity contribution < 1.29 is 13.2 Å². The van der Waals surface area contributed by atoms with Gasteiger partial charge in [-0.1, -0.05) is 12.1 Å². The molecule has 0 radical (unpaired) electrons. The lowest BCUT2D eigenvalue weighted by atomic mass is 10.0. The normalized spacial score (nSPS) is 12.8. The third-order valence-electron chi connectivity index (χ3n) is 5.10. The topological polar surface area (TPSA) is 99.8 Å². The lowest BCUT2D eigenvalue weighted by Gasteiger charge is -2.24. The molecule has 0 saturated heterocycles. The molecular weight excluding hydrogens is 433 g/mol. The lowest BCUT2D eigenvalue weighted by Crippen LogP contribution is -2.29. The van der Waals surface area contributed by atoms with Crippen LogP contribution >= 0.6 is 0 Å². The zero-order valence-electron chi connectivity index (χ0n) is 17.3. The van der Waals surface area contributed by atoms with Gasteiger partial charge >= 0.3 is 0 Å². The standard InChI is InChI=1S/C22H17F3N8/c1-22(24,25)19(13-2-4-16(23)5-3-13)33-12-15(11-28-33)17-6-8-27-20(29-17)14-7-9-32-18(10-14)30-21(26)31-32/h2-12,19H,1H3,(H2,26,31)/t19-/m1/s1. The van der Waals surface area contributed by atoms with Crippen molar-refractivity contribution in [3.8, 4) is 22.6 Å². The number of pyridine rings is 1. The third kappa shape index (κ3) is 4.00. The first-order valence-corrected chi connectivity index (χ1v) is 9.91. The van der Waals surface area contributed by atoms with Gasteiger partial charge in [0.2, 0.25) is 5.95 Å². The molecular formula is C22H17F3N8. The average Bonchev–Trinajstić information content (AvgIpc) is 3.40. The van der Waals surface area contributed by atoms with Crippen molar-refractivity contribution >= 4 is 11.6 Å². The number of halogens is 3. The van der Waals surface area contributed by atoms with Crippen molar-refractivity contribution in [1.29, 1.82) is 0 Å². The van der Waals surface area contributed by atoms with Crippen molar-refractivity contribution in [1.82, 2.24) is 34.3 Å². The highest BCUT2D eigenvalue weighted by atomic mass is 19.3. The lowest BCUT2D eigenvalue weighted by molar-refractivity contribution is -0.0217. The van der Waals surface area contributed by atoms with Crippen LogP contribution in [0, 0.1) is 5.82 Å². The maximum atomic E-state index is 14.5. The summed E-state index contributed by atoms with van der Waals surface area (Å²) in [5.74, 6) is -3.08. The Bertz CT molecular complexity index is 1440. The van der Waals surface area contributed by atoms with E-state index in [0.717, 1.165) is 23.7 Å². The number of nitrogen functional groups attached to an aromatic ring is 1. The highest BCUT2D eigenvalue weighted by Crippen LogP contribution is 2.35. The minimum Gasteiger partial charge on any atom is -0.366 e. The molecule has 33 heavy (non-hydrogen) atoms. The average molecular weight is 450 g/mol. The Hall–Kier alpha value is -4.28. The van der Waals surface area contributed by atoms with Crippen molar-refractivity contribution in [3.63, 3.8) is 0 Å². The Labute approximate surface area is 185 Å². The molecule has 11 heteroatoms. The van der Waals surface area contributed by atoms with Crippen LogP contribution < -0.4 is 5.73 Å². The summed E-state index contributed by atoms with van der Waals surface area (Å²) in [7, 11) is 0. The molecule has 0 aliphatic heterocycles. The molecule has 0 aliphatic rings. The van der Waals surface area contributed by atoms with E-state index in [1.807, 2.05) is 0 Å². The van der Waals surface area contributed by atoms with Crippen LogP contribution in [-0.4, -0.2) is 40.3 Å². The predicted molar refractivity (Wildman–Crippen MR) is 115 cm³/mol. The number of fused-ring (bicyclic) bond motifs is 1. The molecule has 0 spiro atoms. The summed E-state index contributed by atoms with van der Waals surface area (Å²) in [5.41, 5.74) is 8.13. The quantitative estimate of drug-likeness (QED) is 0.434. The van der Waals surface area contributed by atoms with Gasteiger partial charge in [0.15, 0.2) is 11.5 Å². The molecule has 1 aromatic carbocycles. The predicted octanol–water partition coefficient (Wildman–Crippen LogP) is 4.02. The molecule has 0 amide bonds. The van der Waals surface area contributed by atoms with Crippen molar-refractivity contribution in [2.45, 2.75) is 18.9 Å². The Morgan fingerprint density at radius 1 is 1.03 bits per heavy atom. The number of rotatable bonds is 5. The van der Waals surface area contributed by atoms with Gasteiger partial charge in [0, 0.05) is 36.6 Å². The fourth-order valence-electron chi connectivity index (χ4n) is 3.63. The first-order valence-electron chi connectivity index (χ1n) is 9.91. The van der Waals surface area contributed by atoms with Gasteiger partial charge in [-0.05, 0) is 35.9 Å². The van der Waals surface area contributed by atoms with Crippen LogP contribution in [0.1, 0.15) is 18.5 Å². The summed E-state index contributed by atoms with van der Waals surface area (Å²) in [6.07, 6.45) is 6.21. The number of hydrogen-bond acceptors (Lipinski definition) is 6. The maximum absolute atomic E-state index is 14.5. The smallest absolute Gasteiger partial charge is 0.271 e. The molecule has 4 heterocycles. The molecule has 0 saturated carbocycles. The molecule has 166 valence electrons. The molecule has 5 rings (SSSR count). The van der Waals surface area contributed by atoms with Crippen LogP contribution in [0.25, 0.3) is 28.3 Å². The Morgan fingerprint density at radius 3 is 2.58 bits per heavy atom. The van der Waals surface area contributed by atoms with Crippen molar-refractivity contribution in [2.75, 3.05) is 5.73 Å². The number of alkyl halides is 2. The van der Waals surface area contributed by atoms with E-state index in [2.05, 4.69) is 25.1 Å². The maximum Gasteiger partial charge on any atom is 0.271 e. The Morgan fingerprint density at radius 2 is 1.82 bits per heavy atom. The van der Waals surface area contributed by atoms with Crippen molar-refractivity contribution in [2.24, 2.45) is 0 Å². The Balaban J connectivity index is 1.50. The molecule has 4 aromatic heterocycles. The summed E-state index contributed by atoms with van der Waals surface area (Å²) in [4.78, 5) is 13.0. The molecule has 8 nitrogen and oxygen atoms in total. The van der Waals surface area contributed by atoms with Gasteiger partial charge in [-0.2, -0.15) is 10.1 Å². The largest absolute Gasteiger partial charge is 0.366 e. The fraction of sp³-hybridized carbons (Fsp3) is 0.136. The number of hydrogen-bond donors (Lipinski definition) is 1. The van der Waals surface area contributed by atoms with E-state index in [1.54, 1.807) is 30.6 Å². The monoisotopic (exact) mass is 450 g/mol. The number of benzene rings is 1. The van der Waals surface area contributed by atoms with E-state index in [-0.39, 0.29) is 11.5 Å². The van der Waals surface area contributed by atoms with Gasteiger partial charge < -0.3 is 5.73 Å². The van der Waals surface area contributed by atoms with Gasteiger partial charge in [-0.3, -0.25) is 4.68 Å².